The minimum Gasteiger partial charge on any atom is -0.497 e. The highest BCUT2D eigenvalue weighted by Gasteiger charge is 2.14. The van der Waals surface area contributed by atoms with Crippen molar-refractivity contribution >= 4 is 5.97 Å². The Morgan fingerprint density at radius 2 is 1.61 bits per heavy atom. The number of hydrogen-bond acceptors (Lipinski definition) is 4. The fourth-order valence-electron chi connectivity index (χ4n) is 3.14. The Morgan fingerprint density at radius 3 is 2.29 bits per heavy atom. The summed E-state index contributed by atoms with van der Waals surface area (Å²) in [4.78, 5) is 17.9. The number of aryl methyl sites for hydroxylation is 2. The monoisotopic (exact) mass is 383 g/mol. The molecule has 0 aromatic heterocycles. The van der Waals surface area contributed by atoms with Gasteiger partial charge >= 0.3 is 5.97 Å². The van der Waals surface area contributed by atoms with Gasteiger partial charge in [0.05, 0.1) is 19.2 Å². The van der Waals surface area contributed by atoms with E-state index in [1.807, 2.05) is 30.3 Å². The van der Waals surface area contributed by atoms with Gasteiger partial charge in [-0.3, -0.25) is 0 Å². The van der Waals surface area contributed by atoms with Gasteiger partial charge in [0.2, 0.25) is 0 Å². The molecule has 0 spiro atoms. The van der Waals surface area contributed by atoms with Gasteiger partial charge in [0, 0.05) is 0 Å². The summed E-state index contributed by atoms with van der Waals surface area (Å²) in [7, 11) is 1.64. The predicted octanol–water partition coefficient (Wildman–Crippen LogP) is 5.63. The fraction of sp³-hybridized carbons (Fsp3) is 0.458. The van der Waals surface area contributed by atoms with E-state index in [0.29, 0.717) is 12.1 Å². The Morgan fingerprint density at radius 1 is 0.893 bits per heavy atom. The van der Waals surface area contributed by atoms with Crippen LogP contribution in [-0.2, 0) is 24.2 Å². The summed E-state index contributed by atoms with van der Waals surface area (Å²) in [6.45, 7) is 4.84. The number of carbonyl (C=O) groups excluding carboxylic acids is 1. The van der Waals surface area contributed by atoms with E-state index in [2.05, 4.69) is 31.5 Å². The first kappa shape index (κ1) is 22.0. The molecule has 0 saturated carbocycles. The second-order valence-electron chi connectivity index (χ2n) is 7.11. The van der Waals surface area contributed by atoms with Gasteiger partial charge in [-0.15, -0.1) is 5.48 Å². The summed E-state index contributed by atoms with van der Waals surface area (Å²) in [5.41, 5.74) is 6.87. The van der Waals surface area contributed by atoms with Crippen molar-refractivity contribution in [2.45, 2.75) is 65.3 Å². The van der Waals surface area contributed by atoms with Crippen LogP contribution in [0.25, 0.3) is 0 Å². The molecule has 28 heavy (non-hydrogen) atoms. The van der Waals surface area contributed by atoms with Crippen LogP contribution in [0.3, 0.4) is 0 Å². The van der Waals surface area contributed by atoms with Gasteiger partial charge in [-0.25, -0.2) is 4.79 Å². The average Bonchev–Trinajstić information content (AvgIpc) is 2.73. The van der Waals surface area contributed by atoms with Gasteiger partial charge in [0.15, 0.2) is 0 Å². The van der Waals surface area contributed by atoms with Crippen LogP contribution < -0.4 is 10.2 Å². The second-order valence-corrected chi connectivity index (χ2v) is 7.11. The third-order valence-electron chi connectivity index (χ3n) is 4.86. The molecule has 0 aliphatic carbocycles. The van der Waals surface area contributed by atoms with Gasteiger partial charge in [0.1, 0.15) is 5.75 Å². The lowest BCUT2D eigenvalue weighted by atomic mass is 9.97. The molecule has 4 nitrogen and oxygen atoms in total. The molecule has 152 valence electrons. The number of hydroxylamine groups is 1. The summed E-state index contributed by atoms with van der Waals surface area (Å²) in [5.74, 6) is 0.489. The first-order valence-electron chi connectivity index (χ1n) is 10.4. The topological polar surface area (TPSA) is 47.6 Å². The van der Waals surface area contributed by atoms with Gasteiger partial charge in [-0.2, -0.15) is 0 Å². The van der Waals surface area contributed by atoms with E-state index < -0.39 is 0 Å². The van der Waals surface area contributed by atoms with Crippen molar-refractivity contribution in [3.63, 3.8) is 0 Å². The van der Waals surface area contributed by atoms with E-state index in [1.54, 1.807) is 7.11 Å². The van der Waals surface area contributed by atoms with Crippen molar-refractivity contribution in [1.82, 2.24) is 5.48 Å². The van der Waals surface area contributed by atoms with Crippen molar-refractivity contribution in [2.24, 2.45) is 0 Å². The van der Waals surface area contributed by atoms with E-state index in [-0.39, 0.29) is 5.97 Å². The number of ether oxygens (including phenoxy) is 1. The Balaban J connectivity index is 1.98. The minimum absolute atomic E-state index is 0.318. The molecule has 0 unspecified atom stereocenters. The first-order valence-corrected chi connectivity index (χ1v) is 10.4. The lowest BCUT2D eigenvalue weighted by Gasteiger charge is -2.12. The first-order chi connectivity index (χ1) is 13.7. The van der Waals surface area contributed by atoms with Gasteiger partial charge in [-0.1, -0.05) is 57.4 Å². The van der Waals surface area contributed by atoms with Crippen molar-refractivity contribution in [3.05, 3.63) is 64.7 Å². The molecule has 0 amide bonds. The number of carbonyl (C=O) groups is 1. The van der Waals surface area contributed by atoms with Crippen LogP contribution in [0.2, 0.25) is 0 Å². The van der Waals surface area contributed by atoms with Crippen LogP contribution in [0.4, 0.5) is 0 Å². The minimum atomic E-state index is -0.318. The van der Waals surface area contributed by atoms with Crippen LogP contribution >= 0.6 is 0 Å². The molecule has 0 aliphatic rings. The van der Waals surface area contributed by atoms with E-state index in [1.165, 1.54) is 31.2 Å². The Bertz CT molecular complexity index is 725. The number of unbranched alkanes of at least 4 members (excludes halogenated alkanes) is 3. The van der Waals surface area contributed by atoms with Crippen LogP contribution in [0.5, 0.6) is 5.75 Å². The van der Waals surface area contributed by atoms with Crippen LogP contribution in [0.1, 0.15) is 73.0 Å². The highest BCUT2D eigenvalue weighted by Crippen LogP contribution is 2.18. The molecule has 2 aromatic carbocycles. The summed E-state index contributed by atoms with van der Waals surface area (Å²) in [5, 5.41) is 0. The van der Waals surface area contributed by atoms with E-state index in [0.717, 1.165) is 36.1 Å². The van der Waals surface area contributed by atoms with Crippen molar-refractivity contribution in [3.8, 4) is 5.75 Å². The molecule has 0 saturated heterocycles. The molecule has 1 N–H and O–H groups in total. The standard InChI is InChI=1S/C24H33NO3/c1-4-6-8-10-21-17-19(9-7-5-2)13-16-23(21)24(26)28-25-18-20-11-14-22(27-3)15-12-20/h11-17,25H,4-10,18H2,1-3H3. The molecular weight excluding hydrogens is 350 g/mol. The van der Waals surface area contributed by atoms with Crippen LogP contribution in [0.15, 0.2) is 42.5 Å². The van der Waals surface area contributed by atoms with Crippen molar-refractivity contribution in [2.75, 3.05) is 7.11 Å². The van der Waals surface area contributed by atoms with Gasteiger partial charge in [-0.05, 0) is 60.6 Å². The molecular formula is C24H33NO3. The van der Waals surface area contributed by atoms with Crippen LogP contribution in [0, 0.1) is 0 Å². The van der Waals surface area contributed by atoms with Gasteiger partial charge in [0.25, 0.3) is 0 Å². The van der Waals surface area contributed by atoms with Gasteiger partial charge < -0.3 is 9.57 Å². The fourth-order valence-corrected chi connectivity index (χ4v) is 3.14. The zero-order valence-electron chi connectivity index (χ0n) is 17.4. The number of methoxy groups -OCH3 is 1. The maximum absolute atomic E-state index is 12.6. The van der Waals surface area contributed by atoms with Crippen molar-refractivity contribution in [1.29, 1.82) is 0 Å². The highest BCUT2D eigenvalue weighted by molar-refractivity contribution is 5.91. The number of benzene rings is 2. The Labute approximate surface area is 169 Å². The Hall–Kier alpha value is -2.33. The average molecular weight is 384 g/mol. The molecule has 2 rings (SSSR count). The quantitative estimate of drug-likeness (QED) is 0.381. The molecule has 0 aliphatic heterocycles. The summed E-state index contributed by atoms with van der Waals surface area (Å²) < 4.78 is 5.15. The second kappa shape index (κ2) is 12.2. The molecule has 4 heteroatoms. The SMILES string of the molecule is CCCCCc1cc(CCCC)ccc1C(=O)ONCc1ccc(OC)cc1. The summed E-state index contributed by atoms with van der Waals surface area (Å²) in [6, 6.07) is 13.8. The normalized spacial score (nSPS) is 10.7. The van der Waals surface area contributed by atoms with Crippen LogP contribution in [-0.4, -0.2) is 13.1 Å². The van der Waals surface area contributed by atoms with E-state index in [4.69, 9.17) is 9.57 Å². The molecule has 0 fully saturated rings. The number of nitrogens with one attached hydrogen (secondary N) is 1. The molecule has 0 radical (unpaired) electrons. The predicted molar refractivity (Wildman–Crippen MR) is 114 cm³/mol. The molecule has 0 bridgehead atoms. The zero-order valence-corrected chi connectivity index (χ0v) is 17.4. The molecule has 0 heterocycles. The van der Waals surface area contributed by atoms with E-state index >= 15 is 0 Å². The van der Waals surface area contributed by atoms with E-state index in [9.17, 15) is 4.79 Å². The van der Waals surface area contributed by atoms with Crippen molar-refractivity contribution < 1.29 is 14.4 Å². The lowest BCUT2D eigenvalue weighted by molar-refractivity contribution is 0.0236. The maximum Gasteiger partial charge on any atom is 0.357 e. The number of hydrogen-bond donors (Lipinski definition) is 1. The summed E-state index contributed by atoms with van der Waals surface area (Å²) >= 11 is 0. The smallest absolute Gasteiger partial charge is 0.357 e. The maximum atomic E-state index is 12.6. The lowest BCUT2D eigenvalue weighted by Crippen LogP contribution is -2.20. The number of rotatable bonds is 12. The zero-order chi connectivity index (χ0) is 20.2. The molecule has 2 aromatic rings. The summed E-state index contributed by atoms with van der Waals surface area (Å²) in [6.07, 6.45) is 7.74. The Kier molecular flexibility index (Phi) is 9.56. The largest absolute Gasteiger partial charge is 0.497 e. The molecule has 0 atom stereocenters. The highest BCUT2D eigenvalue weighted by atomic mass is 16.7. The third-order valence-corrected chi connectivity index (χ3v) is 4.86. The third kappa shape index (κ3) is 7.01.